The van der Waals surface area contributed by atoms with E-state index in [1.54, 1.807) is 54.6 Å². The molecule has 0 bridgehead atoms. The van der Waals surface area contributed by atoms with Crippen molar-refractivity contribution in [1.82, 2.24) is 4.72 Å². The topological polar surface area (TPSA) is 79.5 Å². The number of hydrogen-bond acceptors (Lipinski definition) is 5. The van der Waals surface area contributed by atoms with Crippen LogP contribution < -0.4 is 4.72 Å². The lowest BCUT2D eigenvalue weighted by Gasteiger charge is -2.06. The lowest BCUT2D eigenvalue weighted by Crippen LogP contribution is -2.22. The predicted molar refractivity (Wildman–Crippen MR) is 87.6 cm³/mol. The van der Waals surface area contributed by atoms with E-state index < -0.39 is 16.1 Å². The minimum absolute atomic E-state index is 0.173. The SMILES string of the molecule is O=S(=O)(NCc1ccc([C@@H](O)c2ccco2)s1)c1ccccc1. The van der Waals surface area contributed by atoms with Gasteiger partial charge in [-0.2, -0.15) is 0 Å². The Hall–Kier alpha value is -1.93. The van der Waals surface area contributed by atoms with Crippen LogP contribution in [0.2, 0.25) is 0 Å². The van der Waals surface area contributed by atoms with Gasteiger partial charge in [0.05, 0.1) is 11.2 Å². The standard InChI is InChI=1S/C16H15NO4S2/c18-16(14-7-4-10-21-14)15-9-8-12(22-15)11-17-23(19,20)13-5-2-1-3-6-13/h1-10,16-18H,11H2/t16-/m0/s1. The summed E-state index contributed by atoms with van der Waals surface area (Å²) in [4.78, 5) is 1.74. The zero-order valence-corrected chi connectivity index (χ0v) is 13.7. The van der Waals surface area contributed by atoms with Crippen LogP contribution in [-0.2, 0) is 16.6 Å². The minimum atomic E-state index is -3.54. The number of benzene rings is 1. The molecule has 0 saturated heterocycles. The van der Waals surface area contributed by atoms with Crippen LogP contribution in [0.25, 0.3) is 0 Å². The first-order valence-electron chi connectivity index (χ1n) is 6.91. The van der Waals surface area contributed by atoms with Gasteiger partial charge in [-0.05, 0) is 36.4 Å². The summed E-state index contributed by atoms with van der Waals surface area (Å²) in [6.45, 7) is 0.173. The molecule has 1 atom stereocenters. The van der Waals surface area contributed by atoms with E-state index in [1.807, 2.05) is 0 Å². The van der Waals surface area contributed by atoms with Gasteiger partial charge >= 0.3 is 0 Å². The number of nitrogens with one attached hydrogen (secondary N) is 1. The number of thiophene rings is 1. The molecule has 0 aliphatic rings. The van der Waals surface area contributed by atoms with Gasteiger partial charge in [0.15, 0.2) is 0 Å². The number of aliphatic hydroxyl groups is 1. The van der Waals surface area contributed by atoms with E-state index in [-0.39, 0.29) is 11.4 Å². The molecule has 7 heteroatoms. The van der Waals surface area contributed by atoms with Crippen molar-refractivity contribution in [2.75, 3.05) is 0 Å². The molecule has 1 aromatic carbocycles. The summed E-state index contributed by atoms with van der Waals surface area (Å²) >= 11 is 1.34. The molecular weight excluding hydrogens is 334 g/mol. The lowest BCUT2D eigenvalue weighted by molar-refractivity contribution is 0.193. The Labute approximate surface area is 138 Å². The number of furan rings is 1. The monoisotopic (exact) mass is 349 g/mol. The normalized spacial score (nSPS) is 13.1. The van der Waals surface area contributed by atoms with Gasteiger partial charge in [0, 0.05) is 16.3 Å². The summed E-state index contributed by atoms with van der Waals surface area (Å²) in [7, 11) is -3.54. The van der Waals surface area contributed by atoms with E-state index in [1.165, 1.54) is 17.6 Å². The van der Waals surface area contributed by atoms with E-state index in [0.717, 1.165) is 4.88 Å². The average Bonchev–Trinajstić information content (AvgIpc) is 3.25. The summed E-state index contributed by atoms with van der Waals surface area (Å²) in [6, 6.07) is 15.2. The van der Waals surface area contributed by atoms with Crippen LogP contribution in [0.1, 0.15) is 21.6 Å². The fourth-order valence-corrected chi connectivity index (χ4v) is 4.14. The smallest absolute Gasteiger partial charge is 0.240 e. The van der Waals surface area contributed by atoms with Crippen molar-refractivity contribution in [2.45, 2.75) is 17.5 Å². The molecule has 0 amide bonds. The predicted octanol–water partition coefficient (Wildman–Crippen LogP) is 2.90. The summed E-state index contributed by atoms with van der Waals surface area (Å²) < 4.78 is 32.1. The molecule has 0 saturated carbocycles. The quantitative estimate of drug-likeness (QED) is 0.717. The molecule has 3 rings (SSSR count). The zero-order chi connectivity index (χ0) is 16.3. The van der Waals surface area contributed by atoms with Crippen LogP contribution >= 0.6 is 11.3 Å². The third kappa shape index (κ3) is 3.70. The first kappa shape index (κ1) is 15.9. The van der Waals surface area contributed by atoms with Crippen LogP contribution in [0.5, 0.6) is 0 Å². The second kappa shape index (κ2) is 6.67. The number of hydrogen-bond donors (Lipinski definition) is 2. The Bertz CT molecular complexity index is 855. The van der Waals surface area contributed by atoms with Gasteiger partial charge in [-0.1, -0.05) is 18.2 Å². The Balaban J connectivity index is 1.68. The molecule has 0 aliphatic heterocycles. The van der Waals surface area contributed by atoms with Crippen LogP contribution in [0.15, 0.2) is 70.2 Å². The largest absolute Gasteiger partial charge is 0.466 e. The van der Waals surface area contributed by atoms with Crippen molar-refractivity contribution in [3.63, 3.8) is 0 Å². The Kier molecular flexibility index (Phi) is 4.63. The van der Waals surface area contributed by atoms with Crippen LogP contribution in [0.4, 0.5) is 0 Å². The highest BCUT2D eigenvalue weighted by atomic mass is 32.2. The van der Waals surface area contributed by atoms with E-state index in [9.17, 15) is 13.5 Å². The molecule has 2 N–H and O–H groups in total. The van der Waals surface area contributed by atoms with Crippen LogP contribution in [-0.4, -0.2) is 13.5 Å². The number of sulfonamides is 1. The van der Waals surface area contributed by atoms with E-state index in [4.69, 9.17) is 4.42 Å². The molecule has 0 fully saturated rings. The maximum atomic E-state index is 12.2. The van der Waals surface area contributed by atoms with E-state index in [0.29, 0.717) is 10.6 Å². The van der Waals surface area contributed by atoms with Crippen molar-refractivity contribution < 1.29 is 17.9 Å². The van der Waals surface area contributed by atoms with Crippen molar-refractivity contribution in [1.29, 1.82) is 0 Å². The Morgan fingerprint density at radius 1 is 1.09 bits per heavy atom. The molecule has 2 heterocycles. The second-order valence-corrected chi connectivity index (χ2v) is 7.83. The number of rotatable bonds is 6. The molecule has 0 spiro atoms. The molecule has 3 aromatic rings. The maximum absolute atomic E-state index is 12.2. The summed E-state index contributed by atoms with van der Waals surface area (Å²) in [5.74, 6) is 0.461. The van der Waals surface area contributed by atoms with Gasteiger partial charge in [-0.25, -0.2) is 13.1 Å². The Morgan fingerprint density at radius 3 is 2.57 bits per heavy atom. The van der Waals surface area contributed by atoms with Crippen LogP contribution in [0, 0.1) is 0 Å². The fraction of sp³-hybridized carbons (Fsp3) is 0.125. The molecule has 0 radical (unpaired) electrons. The van der Waals surface area contributed by atoms with Gasteiger partial charge in [0.2, 0.25) is 10.0 Å². The molecule has 23 heavy (non-hydrogen) atoms. The van der Waals surface area contributed by atoms with E-state index >= 15 is 0 Å². The molecule has 0 aliphatic carbocycles. The highest BCUT2D eigenvalue weighted by Crippen LogP contribution is 2.28. The lowest BCUT2D eigenvalue weighted by atomic mass is 10.2. The Morgan fingerprint density at radius 2 is 1.87 bits per heavy atom. The van der Waals surface area contributed by atoms with Crippen LogP contribution in [0.3, 0.4) is 0 Å². The molecular formula is C16H15NO4S2. The van der Waals surface area contributed by atoms with Gasteiger partial charge in [0.25, 0.3) is 0 Å². The third-order valence-electron chi connectivity index (χ3n) is 3.25. The first-order valence-corrected chi connectivity index (χ1v) is 9.21. The molecule has 5 nitrogen and oxygen atoms in total. The molecule has 120 valence electrons. The second-order valence-electron chi connectivity index (χ2n) is 4.86. The fourth-order valence-electron chi connectivity index (χ4n) is 2.07. The maximum Gasteiger partial charge on any atom is 0.240 e. The van der Waals surface area contributed by atoms with Crippen molar-refractivity contribution >= 4 is 21.4 Å². The average molecular weight is 349 g/mol. The van der Waals surface area contributed by atoms with Gasteiger partial charge in [-0.3, -0.25) is 0 Å². The molecule has 2 aromatic heterocycles. The highest BCUT2D eigenvalue weighted by molar-refractivity contribution is 7.89. The van der Waals surface area contributed by atoms with Gasteiger partial charge in [-0.15, -0.1) is 11.3 Å². The summed E-state index contributed by atoms with van der Waals surface area (Å²) in [5, 5.41) is 10.2. The minimum Gasteiger partial charge on any atom is -0.466 e. The van der Waals surface area contributed by atoms with Crippen molar-refractivity contribution in [3.05, 3.63) is 76.4 Å². The highest BCUT2D eigenvalue weighted by Gasteiger charge is 2.17. The third-order valence-corrected chi connectivity index (χ3v) is 5.81. The van der Waals surface area contributed by atoms with Gasteiger partial charge < -0.3 is 9.52 Å². The van der Waals surface area contributed by atoms with Gasteiger partial charge in [0.1, 0.15) is 11.9 Å². The first-order chi connectivity index (χ1) is 11.1. The summed E-state index contributed by atoms with van der Waals surface area (Å²) in [5.41, 5.74) is 0. The zero-order valence-electron chi connectivity index (χ0n) is 12.0. The molecule has 0 unspecified atom stereocenters. The van der Waals surface area contributed by atoms with Crippen molar-refractivity contribution in [2.24, 2.45) is 0 Å². The van der Waals surface area contributed by atoms with E-state index in [2.05, 4.69) is 4.72 Å². The summed E-state index contributed by atoms with van der Waals surface area (Å²) in [6.07, 6.45) is 0.663. The van der Waals surface area contributed by atoms with Crippen molar-refractivity contribution in [3.8, 4) is 0 Å². The number of aliphatic hydroxyl groups excluding tert-OH is 1.